The number of methoxy groups -OCH3 is 2. The number of hydrogen-bond donors (Lipinski definition) is 0. The SMILES string of the molecule is COc1ccc([C@H]2CC(c3ccc(F)cc3)=NN2C(=O)CN2CCC(Cc3ccccc3)CC2)c(OC)c1. The summed E-state index contributed by atoms with van der Waals surface area (Å²) in [6, 6.07) is 22.2. The van der Waals surface area contributed by atoms with Gasteiger partial charge in [-0.2, -0.15) is 5.10 Å². The number of nitrogens with zero attached hydrogens (tertiary/aromatic N) is 3. The Bertz CT molecular complexity index is 1270. The second-order valence-electron chi connectivity index (χ2n) is 10.0. The first-order chi connectivity index (χ1) is 18.5. The Morgan fingerprint density at radius 2 is 1.71 bits per heavy atom. The highest BCUT2D eigenvalue weighted by atomic mass is 19.1. The van der Waals surface area contributed by atoms with Gasteiger partial charge in [0, 0.05) is 18.1 Å². The van der Waals surface area contributed by atoms with E-state index < -0.39 is 0 Å². The first-order valence-corrected chi connectivity index (χ1v) is 13.2. The van der Waals surface area contributed by atoms with Crippen LogP contribution in [-0.2, 0) is 11.2 Å². The lowest BCUT2D eigenvalue weighted by Crippen LogP contribution is -2.42. The minimum absolute atomic E-state index is 0.0495. The largest absolute Gasteiger partial charge is 0.497 e. The van der Waals surface area contributed by atoms with E-state index in [2.05, 4.69) is 35.2 Å². The van der Waals surface area contributed by atoms with E-state index in [-0.39, 0.29) is 17.8 Å². The van der Waals surface area contributed by atoms with Gasteiger partial charge in [-0.25, -0.2) is 9.40 Å². The molecule has 6 nitrogen and oxygen atoms in total. The summed E-state index contributed by atoms with van der Waals surface area (Å²) in [5.41, 5.74) is 3.80. The maximum atomic E-state index is 13.7. The monoisotopic (exact) mass is 515 g/mol. The topological polar surface area (TPSA) is 54.4 Å². The van der Waals surface area contributed by atoms with Crippen molar-refractivity contribution in [3.8, 4) is 11.5 Å². The fourth-order valence-corrected chi connectivity index (χ4v) is 5.45. The fourth-order valence-electron chi connectivity index (χ4n) is 5.45. The normalized spacial score (nSPS) is 18.3. The average Bonchev–Trinajstić information content (AvgIpc) is 3.40. The molecule has 3 aromatic carbocycles. The van der Waals surface area contributed by atoms with Crippen LogP contribution in [0.4, 0.5) is 4.39 Å². The molecule has 0 radical (unpaired) electrons. The Morgan fingerprint density at radius 3 is 2.39 bits per heavy atom. The van der Waals surface area contributed by atoms with Gasteiger partial charge in [0.1, 0.15) is 17.3 Å². The standard InChI is InChI=1S/C31H34FN3O3/c1-37-26-12-13-27(30(19-26)38-2)29-20-28(24-8-10-25(32)11-9-24)33-35(29)31(36)21-34-16-14-23(15-17-34)18-22-6-4-3-5-7-22/h3-13,19,23,29H,14-18,20-21H2,1-2H3/t29-/m1/s1. The summed E-state index contributed by atoms with van der Waals surface area (Å²) in [5, 5.41) is 6.36. The van der Waals surface area contributed by atoms with Gasteiger partial charge in [-0.1, -0.05) is 42.5 Å². The van der Waals surface area contributed by atoms with Gasteiger partial charge in [0.25, 0.3) is 5.91 Å². The van der Waals surface area contributed by atoms with E-state index in [1.54, 1.807) is 31.4 Å². The molecule has 1 amide bonds. The van der Waals surface area contributed by atoms with Gasteiger partial charge >= 0.3 is 0 Å². The Labute approximate surface area is 223 Å². The number of carbonyl (C=O) groups excluding carboxylic acids is 1. The van der Waals surface area contributed by atoms with Crippen LogP contribution in [0.15, 0.2) is 77.9 Å². The fraction of sp³-hybridized carbons (Fsp3) is 0.355. The number of ether oxygens (including phenoxy) is 2. The molecule has 0 N–H and O–H groups in total. The summed E-state index contributed by atoms with van der Waals surface area (Å²) >= 11 is 0. The van der Waals surface area contributed by atoms with Crippen molar-refractivity contribution < 1.29 is 18.7 Å². The minimum atomic E-state index is -0.320. The molecule has 0 aliphatic carbocycles. The van der Waals surface area contributed by atoms with E-state index in [1.807, 2.05) is 18.2 Å². The van der Waals surface area contributed by atoms with Crippen LogP contribution in [0.25, 0.3) is 0 Å². The molecule has 5 rings (SSSR count). The van der Waals surface area contributed by atoms with Crippen molar-refractivity contribution in [3.05, 3.63) is 95.3 Å². The number of hydrazone groups is 1. The van der Waals surface area contributed by atoms with Gasteiger partial charge in [-0.3, -0.25) is 9.69 Å². The molecule has 2 heterocycles. The lowest BCUT2D eigenvalue weighted by molar-refractivity contribution is -0.134. The van der Waals surface area contributed by atoms with E-state index in [0.29, 0.717) is 30.4 Å². The zero-order chi connectivity index (χ0) is 26.5. The van der Waals surface area contributed by atoms with Crippen molar-refractivity contribution in [2.75, 3.05) is 33.9 Å². The number of benzene rings is 3. The molecular formula is C31H34FN3O3. The van der Waals surface area contributed by atoms with Crippen LogP contribution in [0.2, 0.25) is 0 Å². The van der Waals surface area contributed by atoms with Crippen molar-refractivity contribution in [1.29, 1.82) is 0 Å². The summed E-state index contributed by atoms with van der Waals surface area (Å²) in [7, 11) is 3.22. The van der Waals surface area contributed by atoms with E-state index in [0.717, 1.165) is 49.2 Å². The number of carbonyl (C=O) groups is 1. The van der Waals surface area contributed by atoms with E-state index in [4.69, 9.17) is 14.6 Å². The van der Waals surface area contributed by atoms with Crippen LogP contribution in [0.3, 0.4) is 0 Å². The maximum Gasteiger partial charge on any atom is 0.257 e. The number of likely N-dealkylation sites (tertiary alicyclic amines) is 1. The van der Waals surface area contributed by atoms with Gasteiger partial charge in [0.15, 0.2) is 0 Å². The molecule has 0 unspecified atom stereocenters. The maximum absolute atomic E-state index is 13.7. The van der Waals surface area contributed by atoms with Crippen LogP contribution in [0.1, 0.15) is 42.0 Å². The zero-order valence-corrected chi connectivity index (χ0v) is 22.0. The number of rotatable bonds is 8. The summed E-state index contributed by atoms with van der Waals surface area (Å²) in [6.07, 6.45) is 3.74. The molecule has 38 heavy (non-hydrogen) atoms. The summed E-state index contributed by atoms with van der Waals surface area (Å²) in [6.45, 7) is 2.09. The highest BCUT2D eigenvalue weighted by Gasteiger charge is 2.36. The molecule has 0 aromatic heterocycles. The highest BCUT2D eigenvalue weighted by Crippen LogP contribution is 2.39. The molecule has 1 saturated heterocycles. The number of amides is 1. The Kier molecular flexibility index (Phi) is 8.03. The molecule has 1 fully saturated rings. The van der Waals surface area contributed by atoms with E-state index >= 15 is 0 Å². The first kappa shape index (κ1) is 25.9. The quantitative estimate of drug-likeness (QED) is 0.399. The molecule has 198 valence electrons. The van der Waals surface area contributed by atoms with Crippen LogP contribution in [-0.4, -0.2) is 55.4 Å². The highest BCUT2D eigenvalue weighted by molar-refractivity contribution is 6.03. The van der Waals surface area contributed by atoms with Crippen LogP contribution >= 0.6 is 0 Å². The van der Waals surface area contributed by atoms with Crippen molar-refractivity contribution in [3.63, 3.8) is 0 Å². The Morgan fingerprint density at radius 1 is 0.974 bits per heavy atom. The van der Waals surface area contributed by atoms with Gasteiger partial charge in [-0.15, -0.1) is 0 Å². The zero-order valence-electron chi connectivity index (χ0n) is 22.0. The van der Waals surface area contributed by atoms with Crippen LogP contribution in [0.5, 0.6) is 11.5 Å². The van der Waals surface area contributed by atoms with Crippen molar-refractivity contribution in [2.24, 2.45) is 11.0 Å². The minimum Gasteiger partial charge on any atom is -0.497 e. The van der Waals surface area contributed by atoms with Gasteiger partial charge in [-0.05, 0) is 73.7 Å². The molecule has 0 saturated carbocycles. The smallest absolute Gasteiger partial charge is 0.257 e. The Hall–Kier alpha value is -3.71. The number of halogens is 1. The number of hydrogen-bond acceptors (Lipinski definition) is 5. The average molecular weight is 516 g/mol. The predicted octanol–water partition coefficient (Wildman–Crippen LogP) is 5.48. The second kappa shape index (κ2) is 11.8. The van der Waals surface area contributed by atoms with Gasteiger partial charge in [0.2, 0.25) is 0 Å². The summed E-state index contributed by atoms with van der Waals surface area (Å²) in [5.74, 6) is 1.61. The lowest BCUT2D eigenvalue weighted by Gasteiger charge is -2.33. The van der Waals surface area contributed by atoms with Crippen molar-refractivity contribution >= 4 is 11.6 Å². The summed E-state index contributed by atoms with van der Waals surface area (Å²) in [4.78, 5) is 15.9. The van der Waals surface area contributed by atoms with Crippen molar-refractivity contribution in [1.82, 2.24) is 9.91 Å². The first-order valence-electron chi connectivity index (χ1n) is 13.2. The second-order valence-corrected chi connectivity index (χ2v) is 10.0. The molecule has 3 aromatic rings. The summed E-state index contributed by atoms with van der Waals surface area (Å²) < 4.78 is 24.6. The molecular weight excluding hydrogens is 481 g/mol. The van der Waals surface area contributed by atoms with Crippen molar-refractivity contribution in [2.45, 2.75) is 31.7 Å². The Balaban J connectivity index is 1.31. The third-order valence-corrected chi connectivity index (χ3v) is 7.58. The molecule has 1 atom stereocenters. The van der Waals surface area contributed by atoms with Gasteiger partial charge < -0.3 is 9.47 Å². The molecule has 0 bridgehead atoms. The third kappa shape index (κ3) is 5.89. The predicted molar refractivity (Wildman–Crippen MR) is 146 cm³/mol. The van der Waals surface area contributed by atoms with E-state index in [1.165, 1.54) is 17.7 Å². The molecule has 7 heteroatoms. The third-order valence-electron chi connectivity index (χ3n) is 7.58. The number of piperidine rings is 1. The lowest BCUT2D eigenvalue weighted by atomic mass is 9.90. The molecule has 2 aliphatic heterocycles. The van der Waals surface area contributed by atoms with Crippen LogP contribution < -0.4 is 9.47 Å². The molecule has 2 aliphatic rings. The van der Waals surface area contributed by atoms with Crippen LogP contribution in [0, 0.1) is 11.7 Å². The van der Waals surface area contributed by atoms with E-state index in [9.17, 15) is 9.18 Å². The molecule has 0 spiro atoms. The van der Waals surface area contributed by atoms with Gasteiger partial charge in [0.05, 0.1) is 32.5 Å².